The number of aromatic nitrogens is 1. The van der Waals surface area contributed by atoms with Gasteiger partial charge in [-0.05, 0) is 48.9 Å². The monoisotopic (exact) mass is 274 g/mol. The molecule has 0 aliphatic carbocycles. The third-order valence-electron chi connectivity index (χ3n) is 3.82. The zero-order valence-electron chi connectivity index (χ0n) is 11.2. The predicted molar refractivity (Wildman–Crippen MR) is 78.7 cm³/mol. The van der Waals surface area contributed by atoms with E-state index in [2.05, 4.69) is 28.3 Å². The highest BCUT2D eigenvalue weighted by atomic mass is 32.1. The Hall–Kier alpha value is -1.39. The molecule has 2 atom stereocenters. The molecule has 0 amide bonds. The molecule has 3 rings (SSSR count). The van der Waals surface area contributed by atoms with Gasteiger partial charge >= 0.3 is 0 Å². The minimum absolute atomic E-state index is 0.375. The van der Waals surface area contributed by atoms with E-state index in [0.29, 0.717) is 6.04 Å². The molecule has 0 saturated heterocycles. The standard InChI is InChI=1S/C15H18N2OS/c1-10-13-6-8-19-14(13)5-7-17(10)15-4-3-12(9-16-15)11(2)18/h3-4,6,8-11,18H,5,7H2,1-2H3. The van der Waals surface area contributed by atoms with Crippen LogP contribution in [0.25, 0.3) is 0 Å². The van der Waals surface area contributed by atoms with Crippen molar-refractivity contribution in [1.82, 2.24) is 4.98 Å². The number of hydrogen-bond donors (Lipinski definition) is 1. The van der Waals surface area contributed by atoms with Crippen molar-refractivity contribution in [3.05, 3.63) is 45.8 Å². The van der Waals surface area contributed by atoms with E-state index < -0.39 is 6.10 Å². The molecule has 0 radical (unpaired) electrons. The molecular weight excluding hydrogens is 256 g/mol. The summed E-state index contributed by atoms with van der Waals surface area (Å²) in [7, 11) is 0. The Kier molecular flexibility index (Phi) is 3.29. The highest BCUT2D eigenvalue weighted by molar-refractivity contribution is 7.10. The summed E-state index contributed by atoms with van der Waals surface area (Å²) in [4.78, 5) is 8.34. The first-order valence-corrected chi connectivity index (χ1v) is 7.51. The van der Waals surface area contributed by atoms with Gasteiger partial charge in [0.25, 0.3) is 0 Å². The lowest BCUT2D eigenvalue weighted by Gasteiger charge is -2.34. The molecule has 0 aromatic carbocycles. The maximum atomic E-state index is 9.53. The van der Waals surface area contributed by atoms with Gasteiger partial charge in [0.05, 0.1) is 12.1 Å². The minimum atomic E-state index is -0.455. The van der Waals surface area contributed by atoms with E-state index in [0.717, 1.165) is 24.3 Å². The van der Waals surface area contributed by atoms with Gasteiger partial charge in [-0.3, -0.25) is 0 Å². The Labute approximate surface area is 117 Å². The third-order valence-corrected chi connectivity index (χ3v) is 4.82. The summed E-state index contributed by atoms with van der Waals surface area (Å²) in [6.07, 6.45) is 2.41. The van der Waals surface area contributed by atoms with E-state index in [1.807, 2.05) is 23.5 Å². The number of aliphatic hydroxyl groups excluding tert-OH is 1. The second kappa shape index (κ2) is 4.94. The van der Waals surface area contributed by atoms with E-state index in [9.17, 15) is 5.11 Å². The molecule has 1 aliphatic rings. The van der Waals surface area contributed by atoms with E-state index >= 15 is 0 Å². The Bertz CT molecular complexity index is 562. The number of aliphatic hydroxyl groups is 1. The van der Waals surface area contributed by atoms with Crippen molar-refractivity contribution in [2.75, 3.05) is 11.4 Å². The van der Waals surface area contributed by atoms with Gasteiger partial charge < -0.3 is 10.0 Å². The van der Waals surface area contributed by atoms with Gasteiger partial charge in [0.2, 0.25) is 0 Å². The van der Waals surface area contributed by atoms with Gasteiger partial charge in [-0.25, -0.2) is 4.98 Å². The van der Waals surface area contributed by atoms with Crippen LogP contribution in [0.1, 0.15) is 42.0 Å². The summed E-state index contributed by atoms with van der Waals surface area (Å²) in [5.74, 6) is 0.994. The van der Waals surface area contributed by atoms with E-state index in [-0.39, 0.29) is 0 Å². The fraction of sp³-hybridized carbons (Fsp3) is 0.400. The highest BCUT2D eigenvalue weighted by Gasteiger charge is 2.25. The first-order chi connectivity index (χ1) is 9.16. The molecule has 1 N–H and O–H groups in total. The predicted octanol–water partition coefficient (Wildman–Crippen LogP) is 3.32. The molecule has 3 heterocycles. The van der Waals surface area contributed by atoms with Crippen LogP contribution in [0.5, 0.6) is 0 Å². The molecule has 100 valence electrons. The average molecular weight is 274 g/mol. The largest absolute Gasteiger partial charge is 0.389 e. The van der Waals surface area contributed by atoms with Crippen molar-refractivity contribution in [3.8, 4) is 0 Å². The molecule has 19 heavy (non-hydrogen) atoms. The second-order valence-corrected chi connectivity index (χ2v) is 6.04. The van der Waals surface area contributed by atoms with Crippen LogP contribution in [0.4, 0.5) is 5.82 Å². The molecule has 2 aromatic heterocycles. The summed E-state index contributed by atoms with van der Waals surface area (Å²) >= 11 is 1.85. The first kappa shape index (κ1) is 12.6. The van der Waals surface area contributed by atoms with Crippen LogP contribution in [0.3, 0.4) is 0 Å². The van der Waals surface area contributed by atoms with Gasteiger partial charge in [0.15, 0.2) is 0 Å². The van der Waals surface area contributed by atoms with Crippen molar-refractivity contribution in [2.24, 2.45) is 0 Å². The van der Waals surface area contributed by atoms with Crippen molar-refractivity contribution in [2.45, 2.75) is 32.4 Å². The van der Waals surface area contributed by atoms with Gasteiger partial charge in [-0.15, -0.1) is 11.3 Å². The van der Waals surface area contributed by atoms with Gasteiger partial charge in [-0.2, -0.15) is 0 Å². The molecule has 3 nitrogen and oxygen atoms in total. The van der Waals surface area contributed by atoms with Crippen molar-refractivity contribution < 1.29 is 5.11 Å². The molecule has 0 spiro atoms. The normalized spacial score (nSPS) is 20.2. The summed E-state index contributed by atoms with van der Waals surface area (Å²) in [5.41, 5.74) is 2.29. The molecule has 2 unspecified atom stereocenters. The molecule has 0 saturated carbocycles. The van der Waals surface area contributed by atoms with E-state index in [1.54, 1.807) is 13.1 Å². The second-order valence-electron chi connectivity index (χ2n) is 5.04. The van der Waals surface area contributed by atoms with Gasteiger partial charge in [0, 0.05) is 17.6 Å². The van der Waals surface area contributed by atoms with Crippen LogP contribution >= 0.6 is 11.3 Å². The van der Waals surface area contributed by atoms with Crippen molar-refractivity contribution in [1.29, 1.82) is 0 Å². The number of pyridine rings is 1. The third kappa shape index (κ3) is 2.26. The number of rotatable bonds is 2. The van der Waals surface area contributed by atoms with Crippen molar-refractivity contribution in [3.63, 3.8) is 0 Å². The summed E-state index contributed by atoms with van der Waals surface area (Å²) in [6, 6.07) is 6.57. The van der Waals surface area contributed by atoms with Crippen LogP contribution in [0, 0.1) is 0 Å². The lowest BCUT2D eigenvalue weighted by molar-refractivity contribution is 0.199. The maximum Gasteiger partial charge on any atom is 0.129 e. The van der Waals surface area contributed by atoms with Crippen LogP contribution in [-0.4, -0.2) is 16.6 Å². The Morgan fingerprint density at radius 3 is 2.95 bits per heavy atom. The molecular formula is C15H18N2OS. The molecule has 1 aliphatic heterocycles. The molecule has 2 aromatic rings. The quantitative estimate of drug-likeness (QED) is 0.912. The first-order valence-electron chi connectivity index (χ1n) is 6.63. The molecule has 4 heteroatoms. The van der Waals surface area contributed by atoms with Gasteiger partial charge in [0.1, 0.15) is 5.82 Å². The maximum absolute atomic E-state index is 9.53. The topological polar surface area (TPSA) is 36.4 Å². The summed E-state index contributed by atoms with van der Waals surface area (Å²) < 4.78 is 0. The molecule has 0 bridgehead atoms. The van der Waals surface area contributed by atoms with Crippen LogP contribution < -0.4 is 4.90 Å². The Morgan fingerprint density at radius 2 is 2.26 bits per heavy atom. The van der Waals surface area contributed by atoms with Crippen LogP contribution in [-0.2, 0) is 6.42 Å². The number of hydrogen-bond acceptors (Lipinski definition) is 4. The summed E-state index contributed by atoms with van der Waals surface area (Å²) in [5, 5.41) is 11.7. The number of nitrogens with zero attached hydrogens (tertiary/aromatic N) is 2. The lowest BCUT2D eigenvalue weighted by Crippen LogP contribution is -2.33. The Balaban J connectivity index is 1.87. The number of fused-ring (bicyclic) bond motifs is 1. The average Bonchev–Trinajstić information content (AvgIpc) is 2.88. The number of anilines is 1. The van der Waals surface area contributed by atoms with E-state index in [4.69, 9.17) is 0 Å². The van der Waals surface area contributed by atoms with Gasteiger partial charge in [-0.1, -0.05) is 6.07 Å². The molecule has 0 fully saturated rings. The zero-order valence-corrected chi connectivity index (χ0v) is 12.0. The highest BCUT2D eigenvalue weighted by Crippen LogP contribution is 2.35. The van der Waals surface area contributed by atoms with Crippen LogP contribution in [0.2, 0.25) is 0 Å². The van der Waals surface area contributed by atoms with E-state index in [1.165, 1.54) is 10.4 Å². The smallest absolute Gasteiger partial charge is 0.129 e. The number of thiophene rings is 1. The van der Waals surface area contributed by atoms with Crippen LogP contribution in [0.15, 0.2) is 29.8 Å². The Morgan fingerprint density at radius 1 is 1.42 bits per heavy atom. The summed E-state index contributed by atoms with van der Waals surface area (Å²) in [6.45, 7) is 5.00. The zero-order chi connectivity index (χ0) is 13.4. The lowest BCUT2D eigenvalue weighted by atomic mass is 10.0. The fourth-order valence-corrected chi connectivity index (χ4v) is 3.60. The fourth-order valence-electron chi connectivity index (χ4n) is 2.64. The van der Waals surface area contributed by atoms with Crippen molar-refractivity contribution >= 4 is 17.2 Å². The minimum Gasteiger partial charge on any atom is -0.389 e. The SMILES string of the molecule is CC(O)c1ccc(N2CCc3sccc3C2C)nc1.